The summed E-state index contributed by atoms with van der Waals surface area (Å²) in [6, 6.07) is 5.22. The SMILES string of the molecule is O=C(NC1CCCC1)[C@H]1CCC(=O)N(Cc2cccc(C(F)(F)F)c2)C1. The van der Waals surface area contributed by atoms with Crippen LogP contribution in [0.15, 0.2) is 24.3 Å². The van der Waals surface area contributed by atoms with E-state index in [4.69, 9.17) is 0 Å². The van der Waals surface area contributed by atoms with Crippen LogP contribution in [0, 0.1) is 5.92 Å². The van der Waals surface area contributed by atoms with E-state index in [0.717, 1.165) is 37.8 Å². The van der Waals surface area contributed by atoms with Gasteiger partial charge in [-0.3, -0.25) is 9.59 Å². The van der Waals surface area contributed by atoms with Gasteiger partial charge in [0.15, 0.2) is 0 Å². The van der Waals surface area contributed by atoms with E-state index >= 15 is 0 Å². The molecule has 0 aromatic heterocycles. The standard InChI is InChI=1S/C19H23F3N2O2/c20-19(21,22)15-5-3-4-13(10-15)11-24-12-14(8-9-17(24)25)18(26)23-16-6-1-2-7-16/h3-5,10,14,16H,1-2,6-9,11-12H2,(H,23,26)/t14-/m0/s1. The van der Waals surface area contributed by atoms with Gasteiger partial charge in [0.05, 0.1) is 11.5 Å². The topological polar surface area (TPSA) is 49.4 Å². The third-order valence-corrected chi connectivity index (χ3v) is 5.20. The molecule has 1 aliphatic heterocycles. The Morgan fingerprint density at radius 2 is 1.92 bits per heavy atom. The molecule has 1 aromatic rings. The summed E-state index contributed by atoms with van der Waals surface area (Å²) in [4.78, 5) is 26.1. The molecule has 0 unspecified atom stereocenters. The van der Waals surface area contributed by atoms with Crippen LogP contribution >= 0.6 is 0 Å². The van der Waals surface area contributed by atoms with Gasteiger partial charge >= 0.3 is 6.18 Å². The molecule has 1 saturated carbocycles. The fraction of sp³-hybridized carbons (Fsp3) is 0.579. The largest absolute Gasteiger partial charge is 0.416 e. The second-order valence-electron chi connectivity index (χ2n) is 7.20. The minimum Gasteiger partial charge on any atom is -0.353 e. The lowest BCUT2D eigenvalue weighted by Crippen LogP contribution is -2.47. The highest BCUT2D eigenvalue weighted by atomic mass is 19.4. The molecule has 7 heteroatoms. The monoisotopic (exact) mass is 368 g/mol. The van der Waals surface area contributed by atoms with Crippen molar-refractivity contribution < 1.29 is 22.8 Å². The number of carbonyl (C=O) groups is 2. The van der Waals surface area contributed by atoms with Crippen molar-refractivity contribution in [3.05, 3.63) is 35.4 Å². The predicted molar refractivity (Wildman–Crippen MR) is 90.0 cm³/mol. The summed E-state index contributed by atoms with van der Waals surface area (Å²) in [5.74, 6) is -0.454. The van der Waals surface area contributed by atoms with E-state index in [1.807, 2.05) is 0 Å². The fourth-order valence-electron chi connectivity index (χ4n) is 3.74. The summed E-state index contributed by atoms with van der Waals surface area (Å²) in [6.07, 6.45) is 0.562. The van der Waals surface area contributed by atoms with E-state index in [1.54, 1.807) is 6.07 Å². The molecule has 0 spiro atoms. The van der Waals surface area contributed by atoms with Crippen LogP contribution in [-0.2, 0) is 22.3 Å². The number of carbonyl (C=O) groups excluding carboxylic acids is 2. The fourth-order valence-corrected chi connectivity index (χ4v) is 3.74. The van der Waals surface area contributed by atoms with Gasteiger partial charge in [0.25, 0.3) is 0 Å². The molecule has 1 heterocycles. The Kier molecular flexibility index (Phi) is 5.53. The molecule has 1 N–H and O–H groups in total. The second kappa shape index (κ2) is 7.68. The molecule has 3 rings (SSSR count). The summed E-state index contributed by atoms with van der Waals surface area (Å²) in [5, 5.41) is 3.05. The van der Waals surface area contributed by atoms with Gasteiger partial charge < -0.3 is 10.2 Å². The lowest BCUT2D eigenvalue weighted by Gasteiger charge is -2.32. The summed E-state index contributed by atoms with van der Waals surface area (Å²) >= 11 is 0. The van der Waals surface area contributed by atoms with Gasteiger partial charge in [-0.2, -0.15) is 13.2 Å². The Balaban J connectivity index is 1.63. The van der Waals surface area contributed by atoms with Crippen LogP contribution in [0.3, 0.4) is 0 Å². The number of halogens is 3. The molecule has 2 amide bonds. The van der Waals surface area contributed by atoms with Crippen molar-refractivity contribution in [3.8, 4) is 0 Å². The molecule has 26 heavy (non-hydrogen) atoms. The van der Waals surface area contributed by atoms with Crippen LogP contribution in [0.5, 0.6) is 0 Å². The summed E-state index contributed by atoms with van der Waals surface area (Å²) < 4.78 is 38.6. The molecule has 0 bridgehead atoms. The average Bonchev–Trinajstić information content (AvgIpc) is 3.09. The number of hydrogen-bond acceptors (Lipinski definition) is 2. The van der Waals surface area contributed by atoms with E-state index in [-0.39, 0.29) is 43.3 Å². The maximum absolute atomic E-state index is 12.9. The molecule has 2 fully saturated rings. The number of rotatable bonds is 4. The van der Waals surface area contributed by atoms with Gasteiger partial charge in [-0.05, 0) is 37.0 Å². The first-order valence-electron chi connectivity index (χ1n) is 9.07. The molecule has 1 atom stereocenters. The van der Waals surface area contributed by atoms with Crippen LogP contribution in [0.2, 0.25) is 0 Å². The quantitative estimate of drug-likeness (QED) is 0.884. The first-order valence-corrected chi connectivity index (χ1v) is 9.07. The van der Waals surface area contributed by atoms with Gasteiger partial charge in [0.2, 0.25) is 11.8 Å². The van der Waals surface area contributed by atoms with Crippen LogP contribution in [-0.4, -0.2) is 29.3 Å². The van der Waals surface area contributed by atoms with E-state index in [2.05, 4.69) is 5.32 Å². The van der Waals surface area contributed by atoms with Gasteiger partial charge in [-0.15, -0.1) is 0 Å². The van der Waals surface area contributed by atoms with Crippen LogP contribution in [0.4, 0.5) is 13.2 Å². The zero-order valence-corrected chi connectivity index (χ0v) is 14.5. The zero-order chi connectivity index (χ0) is 18.7. The molecule has 142 valence electrons. The number of hydrogen-bond donors (Lipinski definition) is 1. The first kappa shape index (κ1) is 18.7. The number of nitrogens with one attached hydrogen (secondary N) is 1. The first-order chi connectivity index (χ1) is 12.3. The number of benzene rings is 1. The molecule has 1 saturated heterocycles. The van der Waals surface area contributed by atoms with Gasteiger partial charge in [-0.25, -0.2) is 0 Å². The lowest BCUT2D eigenvalue weighted by molar-refractivity contribution is -0.139. The second-order valence-corrected chi connectivity index (χ2v) is 7.20. The number of nitrogens with zero attached hydrogens (tertiary/aromatic N) is 1. The Morgan fingerprint density at radius 1 is 1.19 bits per heavy atom. The van der Waals surface area contributed by atoms with Crippen molar-refractivity contribution >= 4 is 11.8 Å². The Labute approximate surface area is 150 Å². The highest BCUT2D eigenvalue weighted by Crippen LogP contribution is 2.30. The average molecular weight is 368 g/mol. The number of piperidine rings is 1. The molecule has 1 aromatic carbocycles. The van der Waals surface area contributed by atoms with Gasteiger partial charge in [-0.1, -0.05) is 25.0 Å². The lowest BCUT2D eigenvalue weighted by atomic mass is 9.95. The van der Waals surface area contributed by atoms with Gasteiger partial charge in [0, 0.05) is 25.6 Å². The highest BCUT2D eigenvalue weighted by molar-refractivity contribution is 5.84. The van der Waals surface area contributed by atoms with Crippen LogP contribution in [0.1, 0.15) is 49.7 Å². The van der Waals surface area contributed by atoms with Crippen molar-refractivity contribution in [2.24, 2.45) is 5.92 Å². The molecule has 4 nitrogen and oxygen atoms in total. The zero-order valence-electron chi connectivity index (χ0n) is 14.5. The van der Waals surface area contributed by atoms with Crippen molar-refractivity contribution in [2.45, 2.75) is 57.3 Å². The maximum Gasteiger partial charge on any atom is 0.416 e. The van der Waals surface area contributed by atoms with Crippen LogP contribution < -0.4 is 5.32 Å². The van der Waals surface area contributed by atoms with E-state index < -0.39 is 11.7 Å². The smallest absolute Gasteiger partial charge is 0.353 e. The summed E-state index contributed by atoms with van der Waals surface area (Å²) in [7, 11) is 0. The van der Waals surface area contributed by atoms with E-state index in [9.17, 15) is 22.8 Å². The van der Waals surface area contributed by atoms with Crippen molar-refractivity contribution in [1.82, 2.24) is 10.2 Å². The van der Waals surface area contributed by atoms with Crippen LogP contribution in [0.25, 0.3) is 0 Å². The normalized spacial score (nSPS) is 21.9. The third-order valence-electron chi connectivity index (χ3n) is 5.20. The number of amides is 2. The van der Waals surface area contributed by atoms with Crippen molar-refractivity contribution in [3.63, 3.8) is 0 Å². The predicted octanol–water partition coefficient (Wildman–Crippen LogP) is 3.50. The summed E-state index contributed by atoms with van der Waals surface area (Å²) in [6.45, 7) is 0.351. The van der Waals surface area contributed by atoms with E-state index in [0.29, 0.717) is 12.0 Å². The number of alkyl halides is 3. The third kappa shape index (κ3) is 4.56. The molecular formula is C19H23F3N2O2. The Morgan fingerprint density at radius 3 is 2.62 bits per heavy atom. The maximum atomic E-state index is 12.9. The van der Waals surface area contributed by atoms with Crippen molar-refractivity contribution in [1.29, 1.82) is 0 Å². The summed E-state index contributed by atoms with van der Waals surface area (Å²) in [5.41, 5.74) is -0.306. The number of likely N-dealkylation sites (tertiary alicyclic amines) is 1. The molecular weight excluding hydrogens is 345 g/mol. The Hall–Kier alpha value is -2.05. The molecule has 1 aliphatic carbocycles. The van der Waals surface area contributed by atoms with Crippen molar-refractivity contribution in [2.75, 3.05) is 6.54 Å². The van der Waals surface area contributed by atoms with Gasteiger partial charge in [0.1, 0.15) is 0 Å². The Bertz CT molecular complexity index is 669. The highest BCUT2D eigenvalue weighted by Gasteiger charge is 2.33. The minimum absolute atomic E-state index is 0.0431. The molecule has 2 aliphatic rings. The minimum atomic E-state index is -4.41. The van der Waals surface area contributed by atoms with E-state index in [1.165, 1.54) is 11.0 Å². The molecule has 0 radical (unpaired) electrons.